The van der Waals surface area contributed by atoms with E-state index in [0.717, 1.165) is 63.3 Å². The molecule has 0 radical (unpaired) electrons. The molecule has 0 aromatic heterocycles. The Bertz CT molecular complexity index is 1330. The molecule has 1 unspecified atom stereocenters. The molecule has 202 valence electrons. The molecule has 2 N–H and O–H groups in total. The Labute approximate surface area is 231 Å². The number of phenols is 1. The van der Waals surface area contributed by atoms with Crippen molar-refractivity contribution in [1.29, 1.82) is 0 Å². The molecular formula is C34H38N2O3. The average Bonchev–Trinajstić information content (AvgIpc) is 3.70. The summed E-state index contributed by atoms with van der Waals surface area (Å²) in [6, 6.07) is 25.6. The van der Waals surface area contributed by atoms with Crippen LogP contribution in [0, 0.1) is 5.92 Å². The predicted octanol–water partition coefficient (Wildman–Crippen LogP) is 5.03. The first-order valence-electron chi connectivity index (χ1n) is 14.9. The van der Waals surface area contributed by atoms with Gasteiger partial charge in [-0.15, -0.1) is 0 Å². The summed E-state index contributed by atoms with van der Waals surface area (Å²) in [4.78, 5) is 5.19. The van der Waals surface area contributed by atoms with Crippen molar-refractivity contribution in [2.75, 3.05) is 13.1 Å². The fraction of sp³-hybridized carbons (Fsp3) is 0.471. The second-order valence-electron chi connectivity index (χ2n) is 12.8. The summed E-state index contributed by atoms with van der Waals surface area (Å²) >= 11 is 0. The minimum atomic E-state index is -0.849. The topological polar surface area (TPSA) is 56.2 Å². The smallest absolute Gasteiger partial charge is 0.165 e. The van der Waals surface area contributed by atoms with Crippen LogP contribution in [0.25, 0.3) is 0 Å². The summed E-state index contributed by atoms with van der Waals surface area (Å²) in [6.45, 7) is 3.73. The molecule has 8 rings (SSSR count). The van der Waals surface area contributed by atoms with Crippen molar-refractivity contribution in [3.05, 3.63) is 95.1 Å². The fourth-order valence-electron chi connectivity index (χ4n) is 8.76. The third kappa shape index (κ3) is 3.56. The third-order valence-electron chi connectivity index (χ3n) is 10.7. The lowest BCUT2D eigenvalue weighted by Crippen LogP contribution is -2.78. The largest absolute Gasteiger partial charge is 0.504 e. The molecule has 2 aliphatic heterocycles. The van der Waals surface area contributed by atoms with Crippen LogP contribution < -0.4 is 4.74 Å². The minimum Gasteiger partial charge on any atom is -0.504 e. The lowest BCUT2D eigenvalue weighted by Gasteiger charge is -2.65. The van der Waals surface area contributed by atoms with Crippen LogP contribution in [0.4, 0.5) is 0 Å². The molecule has 3 aliphatic carbocycles. The van der Waals surface area contributed by atoms with Gasteiger partial charge in [-0.1, -0.05) is 66.7 Å². The number of phenolic OH excluding ortho intramolecular Hbond substituents is 1. The highest BCUT2D eigenvalue weighted by atomic mass is 16.5. The monoisotopic (exact) mass is 522 g/mol. The SMILES string of the molecule is Oc1ccc2c3c1OC1[C@H](N(Cc4ccccc4)Cc4ccccc4)CC[C@@]4(O)[C@@H](C2)N(CC2CC2)CC[C@]314. The summed E-state index contributed by atoms with van der Waals surface area (Å²) in [6.07, 6.45) is 5.80. The van der Waals surface area contributed by atoms with Gasteiger partial charge < -0.3 is 14.9 Å². The van der Waals surface area contributed by atoms with E-state index in [2.05, 4.69) is 76.5 Å². The first-order chi connectivity index (χ1) is 19.1. The Kier molecular flexibility index (Phi) is 5.42. The normalized spacial score (nSPS) is 32.6. The van der Waals surface area contributed by atoms with Gasteiger partial charge in [0.15, 0.2) is 11.5 Å². The maximum atomic E-state index is 12.9. The summed E-state index contributed by atoms with van der Waals surface area (Å²) < 4.78 is 6.90. The van der Waals surface area contributed by atoms with Gasteiger partial charge in [0.25, 0.3) is 0 Å². The van der Waals surface area contributed by atoms with E-state index in [-0.39, 0.29) is 23.9 Å². The molecule has 5 heteroatoms. The summed E-state index contributed by atoms with van der Waals surface area (Å²) in [5.41, 5.74) is 3.60. The zero-order chi connectivity index (χ0) is 26.2. The molecule has 5 aliphatic rings. The highest BCUT2D eigenvalue weighted by molar-refractivity contribution is 5.62. The Morgan fingerprint density at radius 3 is 2.23 bits per heavy atom. The Hall–Kier alpha value is -2.86. The van der Waals surface area contributed by atoms with Crippen molar-refractivity contribution in [2.45, 2.75) is 80.8 Å². The second kappa shape index (κ2) is 8.82. The summed E-state index contributed by atoms with van der Waals surface area (Å²) in [7, 11) is 0. The maximum Gasteiger partial charge on any atom is 0.165 e. The van der Waals surface area contributed by atoms with Gasteiger partial charge in [-0.2, -0.15) is 0 Å². The molecule has 39 heavy (non-hydrogen) atoms. The molecule has 5 nitrogen and oxygen atoms in total. The van der Waals surface area contributed by atoms with Crippen molar-refractivity contribution < 1.29 is 14.9 Å². The van der Waals surface area contributed by atoms with Gasteiger partial charge in [-0.05, 0) is 73.7 Å². The zero-order valence-corrected chi connectivity index (χ0v) is 22.5. The van der Waals surface area contributed by atoms with Crippen LogP contribution in [0.5, 0.6) is 11.5 Å². The van der Waals surface area contributed by atoms with Gasteiger partial charge in [-0.3, -0.25) is 9.80 Å². The van der Waals surface area contributed by atoms with Crippen molar-refractivity contribution in [3.63, 3.8) is 0 Å². The fourth-order valence-corrected chi connectivity index (χ4v) is 8.76. The van der Waals surface area contributed by atoms with E-state index in [0.29, 0.717) is 5.75 Å². The van der Waals surface area contributed by atoms with E-state index in [1.807, 2.05) is 6.07 Å². The van der Waals surface area contributed by atoms with Crippen LogP contribution in [0.1, 0.15) is 54.4 Å². The van der Waals surface area contributed by atoms with Crippen molar-refractivity contribution in [1.82, 2.24) is 9.80 Å². The lowest BCUT2D eigenvalue weighted by molar-refractivity contribution is -0.202. The molecule has 3 aromatic carbocycles. The van der Waals surface area contributed by atoms with Crippen LogP contribution in [0.2, 0.25) is 0 Å². The highest BCUT2D eigenvalue weighted by Gasteiger charge is 2.73. The molecule has 3 fully saturated rings. The van der Waals surface area contributed by atoms with E-state index in [9.17, 15) is 10.2 Å². The molecule has 2 heterocycles. The number of nitrogens with zero attached hydrogens (tertiary/aromatic N) is 2. The number of hydrogen-bond donors (Lipinski definition) is 2. The zero-order valence-electron chi connectivity index (χ0n) is 22.5. The van der Waals surface area contributed by atoms with E-state index >= 15 is 0 Å². The molecule has 5 atom stereocenters. The number of rotatable bonds is 7. The van der Waals surface area contributed by atoms with Crippen molar-refractivity contribution >= 4 is 0 Å². The van der Waals surface area contributed by atoms with Crippen LogP contribution in [0.3, 0.4) is 0 Å². The minimum absolute atomic E-state index is 0.110. The first kappa shape index (κ1) is 24.0. The number of ether oxygens (including phenoxy) is 1. The average molecular weight is 523 g/mol. The van der Waals surface area contributed by atoms with Gasteiger partial charge in [0, 0.05) is 37.3 Å². The molecule has 3 aromatic rings. The van der Waals surface area contributed by atoms with Crippen molar-refractivity contribution in [3.8, 4) is 11.5 Å². The van der Waals surface area contributed by atoms with E-state index < -0.39 is 11.0 Å². The number of piperidine rings is 1. The van der Waals surface area contributed by atoms with Crippen LogP contribution >= 0.6 is 0 Å². The third-order valence-corrected chi connectivity index (χ3v) is 10.7. The molecule has 2 bridgehead atoms. The summed E-state index contributed by atoms with van der Waals surface area (Å²) in [5, 5.41) is 23.9. The standard InChI is InChI=1S/C34H38N2O3/c37-28-14-13-26-19-29-34(38)16-15-27(36(21-23-7-3-1-4-8-23)22-24-9-5-2-6-10-24)32-33(34,30(26)31(28)39-32)17-18-35(29)20-25-11-12-25/h1-10,13-14,25,27,29,32,37-38H,11-12,15-22H2/t27-,29-,32?,33+,34-/m1/s1. The number of likely N-dealkylation sites (tertiary alicyclic amines) is 1. The van der Waals surface area contributed by atoms with Crippen LogP contribution in [-0.2, 0) is 24.9 Å². The van der Waals surface area contributed by atoms with E-state index in [4.69, 9.17) is 4.74 Å². The molecule has 1 saturated heterocycles. The van der Waals surface area contributed by atoms with Gasteiger partial charge in [-0.25, -0.2) is 0 Å². The lowest BCUT2D eigenvalue weighted by atomic mass is 9.48. The number of aliphatic hydroxyl groups is 1. The number of hydrogen-bond acceptors (Lipinski definition) is 5. The van der Waals surface area contributed by atoms with E-state index in [1.54, 1.807) is 0 Å². The number of aromatic hydroxyl groups is 1. The Balaban J connectivity index is 1.23. The van der Waals surface area contributed by atoms with Gasteiger partial charge in [0.05, 0.1) is 11.0 Å². The Morgan fingerprint density at radius 2 is 1.56 bits per heavy atom. The van der Waals surface area contributed by atoms with Crippen LogP contribution in [-0.4, -0.2) is 56.9 Å². The Morgan fingerprint density at radius 1 is 0.872 bits per heavy atom. The van der Waals surface area contributed by atoms with E-state index in [1.165, 1.54) is 29.5 Å². The predicted molar refractivity (Wildman–Crippen MR) is 151 cm³/mol. The second-order valence-corrected chi connectivity index (χ2v) is 12.8. The maximum absolute atomic E-state index is 12.9. The van der Waals surface area contributed by atoms with Gasteiger partial charge >= 0.3 is 0 Å². The molecular weight excluding hydrogens is 484 g/mol. The summed E-state index contributed by atoms with van der Waals surface area (Å²) in [5.74, 6) is 1.64. The molecule has 2 saturated carbocycles. The van der Waals surface area contributed by atoms with Gasteiger partial charge in [0.2, 0.25) is 0 Å². The quantitative estimate of drug-likeness (QED) is 0.456. The first-order valence-corrected chi connectivity index (χ1v) is 14.9. The number of benzene rings is 3. The molecule has 0 amide bonds. The highest BCUT2D eigenvalue weighted by Crippen LogP contribution is 2.66. The van der Waals surface area contributed by atoms with Crippen molar-refractivity contribution in [2.24, 2.45) is 5.92 Å². The molecule has 1 spiro atoms. The van der Waals surface area contributed by atoms with Gasteiger partial charge in [0.1, 0.15) is 6.10 Å². The van der Waals surface area contributed by atoms with Crippen LogP contribution in [0.15, 0.2) is 72.8 Å².